The molecule has 5 aliphatic rings. The lowest BCUT2D eigenvalue weighted by Crippen LogP contribution is -2.61. The zero-order chi connectivity index (χ0) is 41.3. The van der Waals surface area contributed by atoms with Crippen LogP contribution < -0.4 is 10.6 Å². The second kappa shape index (κ2) is 17.3. The smallest absolute Gasteiger partial charge is 0.315 e. The van der Waals surface area contributed by atoms with Gasteiger partial charge in [0.25, 0.3) is 5.22 Å². The Labute approximate surface area is 362 Å². The third-order valence-electron chi connectivity index (χ3n) is 13.5. The molecule has 5 aromatic carbocycles. The van der Waals surface area contributed by atoms with E-state index in [0.717, 1.165) is 93.0 Å². The predicted molar refractivity (Wildman–Crippen MR) is 239 cm³/mol. The number of carbonyl (C=O) groups is 1. The second-order valence-electron chi connectivity index (χ2n) is 17.9. The summed E-state index contributed by atoms with van der Waals surface area (Å²) in [5.41, 5.74) is 8.82. The van der Waals surface area contributed by atoms with E-state index in [-0.39, 0.29) is 36.3 Å². The van der Waals surface area contributed by atoms with E-state index in [9.17, 15) is 9.90 Å². The molecular formula is C52H53N3O5S. The first-order chi connectivity index (χ1) is 29.9. The highest BCUT2D eigenvalue weighted by Gasteiger charge is 2.51. The lowest BCUT2D eigenvalue weighted by Gasteiger charge is -2.56. The number of aromatic nitrogens is 1. The maximum absolute atomic E-state index is 13.2. The summed E-state index contributed by atoms with van der Waals surface area (Å²) in [6.45, 7) is 2.63. The van der Waals surface area contributed by atoms with Crippen molar-refractivity contribution in [3.8, 4) is 33.7 Å². The van der Waals surface area contributed by atoms with Gasteiger partial charge in [-0.25, -0.2) is 9.78 Å². The Kier molecular flexibility index (Phi) is 11.3. The molecule has 0 spiro atoms. The normalized spacial score (nSPS) is 26.6. The minimum atomic E-state index is -0.606. The van der Waals surface area contributed by atoms with Gasteiger partial charge in [-0.2, -0.15) is 0 Å². The molecule has 1 aromatic heterocycles. The maximum atomic E-state index is 13.2. The fourth-order valence-corrected chi connectivity index (χ4v) is 11.8. The lowest BCUT2D eigenvalue weighted by molar-refractivity contribution is -0.268. The van der Waals surface area contributed by atoms with E-state index in [1.165, 1.54) is 19.3 Å². The van der Waals surface area contributed by atoms with Crippen molar-refractivity contribution >= 4 is 17.8 Å². The number of ether oxygens (including phenoxy) is 2. The highest BCUT2D eigenvalue weighted by Crippen LogP contribution is 2.55. The molecule has 4 unspecified atom stereocenters. The monoisotopic (exact) mass is 831 g/mol. The van der Waals surface area contributed by atoms with Gasteiger partial charge in [0.1, 0.15) is 5.69 Å². The van der Waals surface area contributed by atoms with E-state index < -0.39 is 6.29 Å². The highest BCUT2D eigenvalue weighted by molar-refractivity contribution is 7.99. The fourth-order valence-electron chi connectivity index (χ4n) is 10.8. The van der Waals surface area contributed by atoms with Crippen LogP contribution in [0.3, 0.4) is 0 Å². The van der Waals surface area contributed by atoms with Crippen LogP contribution in [0.4, 0.5) is 4.79 Å². The largest absolute Gasteiger partial charge is 0.431 e. The van der Waals surface area contributed by atoms with Gasteiger partial charge in [0.05, 0.1) is 18.8 Å². The minimum absolute atomic E-state index is 0.00564. The number of thioether (sulfide) groups is 1. The minimum Gasteiger partial charge on any atom is -0.431 e. The molecule has 2 amide bonds. The Morgan fingerprint density at radius 1 is 0.721 bits per heavy atom. The molecule has 1 aliphatic heterocycles. The number of nitrogens with one attached hydrogen (secondary N) is 2. The van der Waals surface area contributed by atoms with Gasteiger partial charge in [0.2, 0.25) is 0 Å². The van der Waals surface area contributed by atoms with Crippen LogP contribution >= 0.6 is 11.8 Å². The van der Waals surface area contributed by atoms with Crippen molar-refractivity contribution < 1.29 is 23.8 Å². The summed E-state index contributed by atoms with van der Waals surface area (Å²) < 4.78 is 20.1. The van der Waals surface area contributed by atoms with Crippen LogP contribution in [-0.4, -0.2) is 33.5 Å². The van der Waals surface area contributed by atoms with Crippen molar-refractivity contribution in [3.05, 3.63) is 156 Å². The van der Waals surface area contributed by atoms with E-state index >= 15 is 0 Å². The quantitative estimate of drug-likeness (QED) is 0.105. The Morgan fingerprint density at radius 2 is 1.36 bits per heavy atom. The summed E-state index contributed by atoms with van der Waals surface area (Å²) in [5.74, 6) is 3.72. The molecule has 0 radical (unpaired) electrons. The average molecular weight is 832 g/mol. The number of aliphatic hydroxyl groups is 1. The maximum Gasteiger partial charge on any atom is 0.315 e. The zero-order valence-electron chi connectivity index (χ0n) is 34.5. The van der Waals surface area contributed by atoms with Crippen LogP contribution in [0.25, 0.3) is 33.7 Å². The third kappa shape index (κ3) is 8.67. The summed E-state index contributed by atoms with van der Waals surface area (Å²) in [6, 6.07) is 45.0. The molecule has 11 rings (SSSR count). The standard InChI is InChI=1S/C52H53N3O5S/c1-33-45(32-61-51-54-46(40-10-4-2-5-11-40)48(60-51)41-12-6-3-7-13-41)58-49(59-47(33)42-17-15-34(31-56)16-18-42)43-21-19-39(20-22-43)44-14-8-9-35(26-44)30-53-50(57)55-52-27-36-23-37(28-52)25-38(24-36)29-52/h2-22,26,33,36-38,45,47,49,56H,23-25,27-32H2,1H3,(H2,53,55,57). The van der Waals surface area contributed by atoms with Crippen LogP contribution in [-0.2, 0) is 22.6 Å². The third-order valence-corrected chi connectivity index (χ3v) is 14.4. The molecule has 9 heteroatoms. The topological polar surface area (TPSA) is 106 Å². The average Bonchev–Trinajstić information content (AvgIpc) is 3.73. The second-order valence-corrected chi connectivity index (χ2v) is 18.8. The molecule has 312 valence electrons. The Morgan fingerprint density at radius 3 is 2.03 bits per heavy atom. The van der Waals surface area contributed by atoms with E-state index in [4.69, 9.17) is 18.9 Å². The van der Waals surface area contributed by atoms with Crippen molar-refractivity contribution in [1.82, 2.24) is 15.6 Å². The number of hydrogen-bond donors (Lipinski definition) is 3. The first-order valence-electron chi connectivity index (χ1n) is 21.9. The number of aliphatic hydroxyl groups excluding tert-OH is 1. The van der Waals surface area contributed by atoms with Gasteiger partial charge in [0.15, 0.2) is 12.1 Å². The van der Waals surface area contributed by atoms with Crippen molar-refractivity contribution in [2.75, 3.05) is 5.75 Å². The summed E-state index contributed by atoms with van der Waals surface area (Å²) in [7, 11) is 0. The Hall–Kier alpha value is -5.19. The van der Waals surface area contributed by atoms with Gasteiger partial charge in [-0.15, -0.1) is 0 Å². The molecule has 1 saturated heterocycles. The predicted octanol–water partition coefficient (Wildman–Crippen LogP) is 11.5. The molecule has 3 N–H and O–H groups in total. The van der Waals surface area contributed by atoms with Gasteiger partial charge in [0, 0.05) is 40.4 Å². The first-order valence-corrected chi connectivity index (χ1v) is 22.9. The number of rotatable bonds is 12. The molecular weight excluding hydrogens is 779 g/mol. The lowest BCUT2D eigenvalue weighted by atomic mass is 9.53. The number of oxazole rings is 1. The van der Waals surface area contributed by atoms with Crippen LogP contribution in [0, 0.1) is 23.7 Å². The van der Waals surface area contributed by atoms with E-state index in [0.29, 0.717) is 17.5 Å². The van der Waals surface area contributed by atoms with Crippen molar-refractivity contribution in [3.63, 3.8) is 0 Å². The number of nitrogens with zero attached hydrogens (tertiary/aromatic N) is 1. The Bertz CT molecular complexity index is 2350. The highest BCUT2D eigenvalue weighted by atomic mass is 32.2. The number of amides is 2. The molecule has 4 aliphatic carbocycles. The molecule has 61 heavy (non-hydrogen) atoms. The summed E-state index contributed by atoms with van der Waals surface area (Å²) >= 11 is 1.55. The Balaban J connectivity index is 0.841. The molecule has 4 bridgehead atoms. The summed E-state index contributed by atoms with van der Waals surface area (Å²) in [6.07, 6.45) is 6.44. The van der Waals surface area contributed by atoms with Crippen molar-refractivity contribution in [1.29, 1.82) is 0 Å². The number of carbonyl (C=O) groups excluding carboxylic acids is 1. The number of hydrogen-bond acceptors (Lipinski definition) is 7. The van der Waals surface area contributed by atoms with E-state index in [2.05, 4.69) is 78.2 Å². The van der Waals surface area contributed by atoms with Crippen molar-refractivity contribution in [2.24, 2.45) is 23.7 Å². The van der Waals surface area contributed by atoms with E-state index in [1.54, 1.807) is 11.8 Å². The fraction of sp³-hybridized carbons (Fsp3) is 0.346. The molecule has 4 atom stereocenters. The van der Waals surface area contributed by atoms with Crippen LogP contribution in [0.15, 0.2) is 143 Å². The van der Waals surface area contributed by atoms with Gasteiger partial charge < -0.3 is 29.6 Å². The van der Waals surface area contributed by atoms with Crippen molar-refractivity contribution in [2.45, 2.75) is 87.9 Å². The number of urea groups is 1. The van der Waals surface area contributed by atoms with Gasteiger partial charge in [-0.1, -0.05) is 146 Å². The molecule has 6 aromatic rings. The van der Waals surface area contributed by atoms with Crippen LogP contribution in [0.5, 0.6) is 0 Å². The number of benzene rings is 5. The summed E-state index contributed by atoms with van der Waals surface area (Å²) in [4.78, 5) is 18.2. The zero-order valence-corrected chi connectivity index (χ0v) is 35.4. The summed E-state index contributed by atoms with van der Waals surface area (Å²) in [5, 5.41) is 16.9. The molecule has 4 saturated carbocycles. The first kappa shape index (κ1) is 39.9. The SMILES string of the molecule is CC1C(CSc2nc(-c3ccccc3)c(-c3ccccc3)o2)OC(c2ccc(-c3cccc(CNC(=O)NC45CC6CC(CC(C6)C4)C5)c3)cc2)OC1c1ccc(CO)cc1. The molecule has 2 heterocycles. The van der Waals surface area contributed by atoms with Gasteiger partial charge in [-0.3, -0.25) is 0 Å². The van der Waals surface area contributed by atoms with E-state index in [1.807, 2.05) is 72.8 Å². The van der Waals surface area contributed by atoms with Gasteiger partial charge in [-0.05, 0) is 90.2 Å². The van der Waals surface area contributed by atoms with Crippen LogP contribution in [0.1, 0.15) is 80.1 Å². The molecule has 5 fully saturated rings. The van der Waals surface area contributed by atoms with Crippen LogP contribution in [0.2, 0.25) is 0 Å². The molecule has 8 nitrogen and oxygen atoms in total. The van der Waals surface area contributed by atoms with Gasteiger partial charge >= 0.3 is 6.03 Å².